The molecule has 7 aromatic heterocycles. The van der Waals surface area contributed by atoms with Crippen LogP contribution in [-0.4, -0.2) is 39.0 Å². The van der Waals surface area contributed by atoms with Crippen molar-refractivity contribution in [2.45, 2.75) is 0 Å². The first-order chi connectivity index (χ1) is 24.8. The monoisotopic (exact) mass is 642 g/mol. The fourth-order valence-electron chi connectivity index (χ4n) is 7.05. The summed E-state index contributed by atoms with van der Waals surface area (Å²) in [6.45, 7) is 0. The molecule has 0 saturated carbocycles. The van der Waals surface area contributed by atoms with Gasteiger partial charge in [-0.3, -0.25) is 19.9 Å². The molecule has 7 heterocycles. The highest BCUT2D eigenvalue weighted by Gasteiger charge is 2.19. The summed E-state index contributed by atoms with van der Waals surface area (Å²) in [5.41, 5.74) is 10.5. The molecule has 10 rings (SSSR count). The van der Waals surface area contributed by atoms with Gasteiger partial charge in [-0.25, -0.2) is 9.97 Å². The summed E-state index contributed by atoms with van der Waals surface area (Å²) in [7, 11) is 0. The van der Waals surface area contributed by atoms with E-state index >= 15 is 0 Å². The minimum Gasteiger partial charge on any atom is -0.307 e. The number of hydrogen-bond donors (Lipinski definition) is 0. The number of pyridine rings is 4. The molecule has 0 spiro atoms. The molecule has 0 N–H and O–H groups in total. The smallest absolute Gasteiger partial charge is 0.160 e. The average Bonchev–Trinajstić information content (AvgIpc) is 3.71. The van der Waals surface area contributed by atoms with Crippen LogP contribution in [0.5, 0.6) is 0 Å². The Morgan fingerprint density at radius 2 is 0.840 bits per heavy atom. The third-order valence-electron chi connectivity index (χ3n) is 9.28. The van der Waals surface area contributed by atoms with Crippen molar-refractivity contribution < 1.29 is 0 Å². The largest absolute Gasteiger partial charge is 0.307 e. The van der Waals surface area contributed by atoms with E-state index in [1.807, 2.05) is 98.1 Å². The zero-order valence-electron chi connectivity index (χ0n) is 26.6. The van der Waals surface area contributed by atoms with E-state index < -0.39 is 0 Å². The number of fused-ring (bicyclic) bond motifs is 6. The Balaban J connectivity index is 1.31. The number of aromatic nitrogens is 8. The van der Waals surface area contributed by atoms with Gasteiger partial charge in [0.25, 0.3) is 0 Å². The summed E-state index contributed by atoms with van der Waals surface area (Å²) in [5.74, 6) is 0.660. The van der Waals surface area contributed by atoms with Gasteiger partial charge in [-0.05, 0) is 48.5 Å². The molecule has 10 aromatic rings. The van der Waals surface area contributed by atoms with Crippen LogP contribution in [0.4, 0.5) is 0 Å². The lowest BCUT2D eigenvalue weighted by atomic mass is 10.0. The van der Waals surface area contributed by atoms with Crippen LogP contribution in [0.2, 0.25) is 0 Å². The van der Waals surface area contributed by atoms with Crippen molar-refractivity contribution >= 4 is 43.6 Å². The normalized spacial score (nSPS) is 11.6. The van der Waals surface area contributed by atoms with Crippen molar-refractivity contribution in [3.8, 4) is 45.3 Å². The van der Waals surface area contributed by atoms with Crippen LogP contribution in [0, 0.1) is 0 Å². The Hall–Kier alpha value is -7.06. The highest BCUT2D eigenvalue weighted by atomic mass is 15.0. The van der Waals surface area contributed by atoms with Gasteiger partial charge in [0.1, 0.15) is 0 Å². The SMILES string of the molecule is c1ccc(-c2cc(-c3cc(-n4c5ccncc5c5ccncc54)cc(-n4c5ccncc5c5ccncc54)c3)nc(-c3ccccc3)n2)cc1. The number of benzene rings is 3. The molecule has 0 aliphatic heterocycles. The van der Waals surface area contributed by atoms with Crippen molar-refractivity contribution in [1.82, 2.24) is 39.0 Å². The molecule has 234 valence electrons. The van der Waals surface area contributed by atoms with Gasteiger partial charge in [0, 0.05) is 86.8 Å². The van der Waals surface area contributed by atoms with Crippen LogP contribution in [0.3, 0.4) is 0 Å². The minimum absolute atomic E-state index is 0.660. The molecule has 0 atom stereocenters. The maximum atomic E-state index is 5.22. The van der Waals surface area contributed by atoms with Gasteiger partial charge in [0.15, 0.2) is 5.82 Å². The lowest BCUT2D eigenvalue weighted by Gasteiger charge is -2.16. The lowest BCUT2D eigenvalue weighted by Crippen LogP contribution is -2.02. The zero-order valence-corrected chi connectivity index (χ0v) is 26.6. The van der Waals surface area contributed by atoms with Crippen LogP contribution < -0.4 is 0 Å². The molecule has 0 bridgehead atoms. The third-order valence-corrected chi connectivity index (χ3v) is 9.28. The van der Waals surface area contributed by atoms with Crippen molar-refractivity contribution in [1.29, 1.82) is 0 Å². The summed E-state index contributed by atoms with van der Waals surface area (Å²) in [6, 6.07) is 37.3. The fourth-order valence-corrected chi connectivity index (χ4v) is 7.05. The minimum atomic E-state index is 0.660. The van der Waals surface area contributed by atoms with E-state index in [0.29, 0.717) is 5.82 Å². The first kappa shape index (κ1) is 28.0. The second-order valence-electron chi connectivity index (χ2n) is 12.2. The molecule has 8 heteroatoms. The molecule has 0 unspecified atom stereocenters. The maximum Gasteiger partial charge on any atom is 0.160 e. The quantitative estimate of drug-likeness (QED) is 0.186. The zero-order chi connectivity index (χ0) is 33.0. The number of nitrogens with zero attached hydrogens (tertiary/aromatic N) is 8. The van der Waals surface area contributed by atoms with Gasteiger partial charge in [0.2, 0.25) is 0 Å². The van der Waals surface area contributed by atoms with E-state index in [0.717, 1.165) is 83.1 Å². The van der Waals surface area contributed by atoms with Gasteiger partial charge in [-0.1, -0.05) is 60.7 Å². The summed E-state index contributed by atoms with van der Waals surface area (Å²) in [6.07, 6.45) is 15.0. The third kappa shape index (κ3) is 4.47. The summed E-state index contributed by atoms with van der Waals surface area (Å²) in [5, 5.41) is 4.29. The molecule has 0 radical (unpaired) electrons. The molecule has 0 aliphatic rings. The Bertz CT molecular complexity index is 2580. The lowest BCUT2D eigenvalue weighted by molar-refractivity contribution is 1.12. The van der Waals surface area contributed by atoms with Gasteiger partial charge in [-0.15, -0.1) is 0 Å². The Kier molecular flexibility index (Phi) is 6.32. The van der Waals surface area contributed by atoms with Gasteiger partial charge in [0.05, 0.1) is 45.8 Å². The van der Waals surface area contributed by atoms with E-state index in [-0.39, 0.29) is 0 Å². The molecule has 3 aromatic carbocycles. The van der Waals surface area contributed by atoms with Crippen molar-refractivity contribution in [2.24, 2.45) is 0 Å². The number of rotatable bonds is 5. The predicted molar refractivity (Wildman–Crippen MR) is 198 cm³/mol. The summed E-state index contributed by atoms with van der Waals surface area (Å²) < 4.78 is 4.52. The fraction of sp³-hybridized carbons (Fsp3) is 0. The van der Waals surface area contributed by atoms with Gasteiger partial charge < -0.3 is 9.13 Å². The Labute approximate surface area is 286 Å². The van der Waals surface area contributed by atoms with Crippen LogP contribution >= 0.6 is 0 Å². The van der Waals surface area contributed by atoms with Crippen LogP contribution in [0.15, 0.2) is 159 Å². The standard InChI is InChI=1S/C42H26N8/c1-3-7-27(8-4-1)36-22-37(48-42(47-36)28-9-5-2-6-10-28)29-19-30(49-38-13-17-43-23-34(38)32-11-15-45-25-40(32)49)21-31(20-29)50-39-14-18-44-24-35(39)33-12-16-46-26-41(33)50/h1-26H. The molecule has 0 amide bonds. The molecule has 0 saturated heterocycles. The van der Waals surface area contributed by atoms with Crippen molar-refractivity contribution in [3.05, 3.63) is 159 Å². The van der Waals surface area contributed by atoms with Crippen LogP contribution in [0.25, 0.3) is 88.9 Å². The molecule has 50 heavy (non-hydrogen) atoms. The molecular weight excluding hydrogens is 617 g/mol. The van der Waals surface area contributed by atoms with E-state index in [4.69, 9.17) is 9.97 Å². The predicted octanol–water partition coefficient (Wildman–Crippen LogP) is 9.25. The molecule has 0 fully saturated rings. The Morgan fingerprint density at radius 1 is 0.360 bits per heavy atom. The average molecular weight is 643 g/mol. The highest BCUT2D eigenvalue weighted by Crippen LogP contribution is 2.37. The first-order valence-corrected chi connectivity index (χ1v) is 16.3. The second-order valence-corrected chi connectivity index (χ2v) is 12.2. The van der Waals surface area contributed by atoms with Gasteiger partial charge in [-0.2, -0.15) is 0 Å². The molecule has 0 aliphatic carbocycles. The van der Waals surface area contributed by atoms with Crippen molar-refractivity contribution in [3.63, 3.8) is 0 Å². The van der Waals surface area contributed by atoms with E-state index in [9.17, 15) is 0 Å². The van der Waals surface area contributed by atoms with Gasteiger partial charge >= 0.3 is 0 Å². The van der Waals surface area contributed by atoms with E-state index in [1.54, 1.807) is 0 Å². The number of hydrogen-bond acceptors (Lipinski definition) is 6. The second kappa shape index (κ2) is 11.3. The van der Waals surface area contributed by atoms with Crippen molar-refractivity contribution in [2.75, 3.05) is 0 Å². The van der Waals surface area contributed by atoms with E-state index in [2.05, 4.69) is 89.7 Å². The first-order valence-electron chi connectivity index (χ1n) is 16.3. The van der Waals surface area contributed by atoms with Crippen LogP contribution in [0.1, 0.15) is 0 Å². The highest BCUT2D eigenvalue weighted by molar-refractivity contribution is 6.10. The molecule has 8 nitrogen and oxygen atoms in total. The Morgan fingerprint density at radius 3 is 1.40 bits per heavy atom. The topological polar surface area (TPSA) is 87.2 Å². The summed E-state index contributed by atoms with van der Waals surface area (Å²) in [4.78, 5) is 28.3. The van der Waals surface area contributed by atoms with Crippen LogP contribution in [-0.2, 0) is 0 Å². The summed E-state index contributed by atoms with van der Waals surface area (Å²) >= 11 is 0. The maximum absolute atomic E-state index is 5.22. The molecular formula is C42H26N8. The van der Waals surface area contributed by atoms with E-state index in [1.165, 1.54) is 0 Å².